The maximum Gasteiger partial charge on any atom is 0.331 e. The second kappa shape index (κ2) is 7.27. The van der Waals surface area contributed by atoms with Gasteiger partial charge in [0.15, 0.2) is 5.82 Å². The van der Waals surface area contributed by atoms with Crippen LogP contribution in [0, 0.1) is 6.92 Å². The predicted molar refractivity (Wildman–Crippen MR) is 94.2 cm³/mol. The van der Waals surface area contributed by atoms with E-state index in [0.29, 0.717) is 10.6 Å². The maximum atomic E-state index is 12.2. The van der Waals surface area contributed by atoms with Gasteiger partial charge in [0.2, 0.25) is 5.89 Å². The van der Waals surface area contributed by atoms with E-state index in [4.69, 9.17) is 18.9 Å². The lowest BCUT2D eigenvalue weighted by Gasteiger charge is -2.08. The molecule has 2 aromatic heterocycles. The van der Waals surface area contributed by atoms with Gasteiger partial charge in [0, 0.05) is 32.9 Å². The van der Waals surface area contributed by atoms with E-state index in [9.17, 15) is 14.7 Å². The predicted octanol–water partition coefficient (Wildman–Crippen LogP) is 1.22. The van der Waals surface area contributed by atoms with Crippen LogP contribution in [0.15, 0.2) is 44.6 Å². The SMILES string of the molecule is [2H]C([2H])(c1noc(Cn2c(=O)c(C)cn(C)c2=O)n1)C(O)c1ccc(Cl)cc1. The molecule has 3 aromatic rings. The van der Waals surface area contributed by atoms with Gasteiger partial charge in [-0.25, -0.2) is 4.79 Å². The van der Waals surface area contributed by atoms with Crippen LogP contribution in [0.5, 0.6) is 0 Å². The van der Waals surface area contributed by atoms with E-state index in [2.05, 4.69) is 10.1 Å². The molecule has 0 amide bonds. The highest BCUT2D eigenvalue weighted by Gasteiger charge is 2.16. The molecule has 0 radical (unpaired) electrons. The molecule has 0 fully saturated rings. The number of hydrogen-bond donors (Lipinski definition) is 1. The third-order valence-corrected chi connectivity index (χ3v) is 3.97. The minimum atomic E-state index is -2.38. The van der Waals surface area contributed by atoms with Crippen LogP contribution in [0.25, 0.3) is 0 Å². The summed E-state index contributed by atoms with van der Waals surface area (Å²) in [6.07, 6.45) is -2.54. The van der Waals surface area contributed by atoms with Gasteiger partial charge in [-0.05, 0) is 24.6 Å². The molecule has 1 atom stereocenters. The smallest absolute Gasteiger partial charge is 0.331 e. The van der Waals surface area contributed by atoms with E-state index >= 15 is 0 Å². The second-order valence-electron chi connectivity index (χ2n) is 5.71. The van der Waals surface area contributed by atoms with Gasteiger partial charge in [-0.15, -0.1) is 0 Å². The first-order valence-electron chi connectivity index (χ1n) is 8.65. The molecule has 136 valence electrons. The van der Waals surface area contributed by atoms with Crippen LogP contribution in [0.4, 0.5) is 0 Å². The molecule has 1 unspecified atom stereocenters. The topological polar surface area (TPSA) is 103 Å². The Kier molecular flexibility index (Phi) is 4.34. The fraction of sp³-hybridized carbons (Fsp3) is 0.294. The van der Waals surface area contributed by atoms with E-state index in [1.807, 2.05) is 0 Å². The highest BCUT2D eigenvalue weighted by atomic mass is 35.5. The molecule has 26 heavy (non-hydrogen) atoms. The maximum absolute atomic E-state index is 12.2. The third-order valence-electron chi connectivity index (χ3n) is 3.72. The Morgan fingerprint density at radius 1 is 1.35 bits per heavy atom. The number of rotatable bonds is 5. The molecule has 0 saturated carbocycles. The lowest BCUT2D eigenvalue weighted by atomic mass is 10.1. The van der Waals surface area contributed by atoms with Crippen molar-refractivity contribution in [3.63, 3.8) is 0 Å². The molecule has 1 aromatic carbocycles. The summed E-state index contributed by atoms with van der Waals surface area (Å²) in [6.45, 7) is 1.26. The van der Waals surface area contributed by atoms with Crippen LogP contribution in [-0.4, -0.2) is 24.4 Å². The number of hydrogen-bond acceptors (Lipinski definition) is 6. The summed E-state index contributed by atoms with van der Waals surface area (Å²) in [5, 5.41) is 14.4. The first-order valence-corrected chi connectivity index (χ1v) is 8.02. The molecule has 0 bridgehead atoms. The van der Waals surface area contributed by atoms with Crippen LogP contribution in [-0.2, 0) is 20.0 Å². The van der Waals surface area contributed by atoms with Crippen molar-refractivity contribution in [2.75, 3.05) is 0 Å². The van der Waals surface area contributed by atoms with Crippen LogP contribution >= 0.6 is 11.6 Å². The molecule has 0 aliphatic carbocycles. The molecular weight excluding hydrogens is 360 g/mol. The number of aliphatic hydroxyl groups excluding tert-OH is 1. The molecule has 8 nitrogen and oxygen atoms in total. The van der Waals surface area contributed by atoms with Crippen LogP contribution in [0.2, 0.25) is 5.02 Å². The number of aromatic nitrogens is 4. The summed E-state index contributed by atoms with van der Waals surface area (Å²) in [5.41, 5.74) is -0.438. The zero-order chi connectivity index (χ0) is 20.6. The minimum absolute atomic E-state index is 0.132. The van der Waals surface area contributed by atoms with Crippen molar-refractivity contribution in [1.29, 1.82) is 0 Å². The molecular formula is C17H17ClN4O4. The fourth-order valence-electron chi connectivity index (χ4n) is 2.39. The number of halogens is 1. The highest BCUT2D eigenvalue weighted by Crippen LogP contribution is 2.19. The average molecular weight is 379 g/mol. The van der Waals surface area contributed by atoms with Crippen LogP contribution in [0.3, 0.4) is 0 Å². The quantitative estimate of drug-likeness (QED) is 0.716. The zero-order valence-corrected chi connectivity index (χ0v) is 14.8. The molecule has 0 aliphatic heterocycles. The lowest BCUT2D eigenvalue weighted by Crippen LogP contribution is -2.40. The highest BCUT2D eigenvalue weighted by molar-refractivity contribution is 6.30. The van der Waals surface area contributed by atoms with Gasteiger partial charge in [-0.2, -0.15) is 4.98 Å². The molecule has 0 spiro atoms. The van der Waals surface area contributed by atoms with Crippen LogP contribution in [0.1, 0.15) is 31.7 Å². The van der Waals surface area contributed by atoms with E-state index in [1.54, 1.807) is 6.92 Å². The van der Waals surface area contributed by atoms with Gasteiger partial charge in [0.1, 0.15) is 6.54 Å². The van der Waals surface area contributed by atoms with E-state index in [1.165, 1.54) is 42.1 Å². The Morgan fingerprint density at radius 2 is 2.04 bits per heavy atom. The monoisotopic (exact) mass is 378 g/mol. The fourth-order valence-corrected chi connectivity index (χ4v) is 2.52. The van der Waals surface area contributed by atoms with Crippen molar-refractivity contribution >= 4 is 11.6 Å². The number of aryl methyl sites for hydroxylation is 2. The summed E-state index contributed by atoms with van der Waals surface area (Å²) in [4.78, 5) is 28.3. The third kappa shape index (κ3) is 3.76. The Bertz CT molecular complexity index is 1090. The zero-order valence-electron chi connectivity index (χ0n) is 16.0. The average Bonchev–Trinajstić information content (AvgIpc) is 3.13. The van der Waals surface area contributed by atoms with Gasteiger partial charge >= 0.3 is 5.69 Å². The standard InChI is InChI=1S/C17H17ClN4O4/c1-10-8-21(2)17(25)22(16(10)24)9-15-19-14(20-26-15)7-13(23)11-3-5-12(18)6-4-11/h3-6,8,13,23H,7,9H2,1-2H3/i7D2. The van der Waals surface area contributed by atoms with Gasteiger partial charge < -0.3 is 14.2 Å². The first-order chi connectivity index (χ1) is 13.1. The summed E-state index contributed by atoms with van der Waals surface area (Å²) in [7, 11) is 1.51. The van der Waals surface area contributed by atoms with Gasteiger partial charge in [0.05, 0.1) is 6.10 Å². The van der Waals surface area contributed by atoms with Crippen LogP contribution < -0.4 is 11.2 Å². The van der Waals surface area contributed by atoms with Crippen molar-refractivity contribution in [2.24, 2.45) is 7.05 Å². The normalized spacial score (nSPS) is 14.0. The van der Waals surface area contributed by atoms with Crippen molar-refractivity contribution in [3.05, 3.63) is 79.2 Å². The van der Waals surface area contributed by atoms with E-state index < -0.39 is 29.6 Å². The Labute approximate surface area is 156 Å². The summed E-state index contributed by atoms with van der Waals surface area (Å²) in [6, 6.07) is 6.03. The molecule has 9 heteroatoms. The molecule has 2 heterocycles. The van der Waals surface area contributed by atoms with Crippen molar-refractivity contribution in [1.82, 2.24) is 19.3 Å². The van der Waals surface area contributed by atoms with E-state index in [-0.39, 0.29) is 18.0 Å². The number of nitrogens with zero attached hydrogens (tertiary/aromatic N) is 4. The van der Waals surface area contributed by atoms with Crippen molar-refractivity contribution in [3.8, 4) is 0 Å². The largest absolute Gasteiger partial charge is 0.388 e. The number of aliphatic hydroxyl groups is 1. The lowest BCUT2D eigenvalue weighted by molar-refractivity contribution is 0.174. The molecule has 1 N–H and O–H groups in total. The first kappa shape index (κ1) is 15.5. The summed E-state index contributed by atoms with van der Waals surface area (Å²) < 4.78 is 23.5. The van der Waals surface area contributed by atoms with Crippen molar-refractivity contribution < 1.29 is 12.4 Å². The minimum Gasteiger partial charge on any atom is -0.388 e. The Hall–Kier alpha value is -2.71. The van der Waals surface area contributed by atoms with Gasteiger partial charge in [-0.3, -0.25) is 9.36 Å². The molecule has 0 aliphatic rings. The summed E-state index contributed by atoms with van der Waals surface area (Å²) >= 11 is 5.81. The van der Waals surface area contributed by atoms with Crippen molar-refractivity contribution in [2.45, 2.75) is 25.9 Å². The molecule has 3 rings (SSSR count). The van der Waals surface area contributed by atoms with Gasteiger partial charge in [0.25, 0.3) is 5.56 Å². The van der Waals surface area contributed by atoms with Gasteiger partial charge in [-0.1, -0.05) is 28.9 Å². The second-order valence-corrected chi connectivity index (χ2v) is 6.14. The van der Waals surface area contributed by atoms with E-state index in [0.717, 1.165) is 4.57 Å². The number of benzene rings is 1. The Morgan fingerprint density at radius 3 is 2.73 bits per heavy atom. The Balaban J connectivity index is 1.91. The molecule has 0 saturated heterocycles. The summed E-state index contributed by atoms with van der Waals surface area (Å²) in [5.74, 6) is -0.533.